The number of rotatable bonds is 5. The van der Waals surface area contributed by atoms with Crippen molar-refractivity contribution < 1.29 is 29.0 Å². The van der Waals surface area contributed by atoms with Crippen LogP contribution in [0.5, 0.6) is 17.2 Å². The highest BCUT2D eigenvalue weighted by Gasteiger charge is 2.18. The maximum absolute atomic E-state index is 12.0. The van der Waals surface area contributed by atoms with Crippen molar-refractivity contribution in [3.63, 3.8) is 0 Å². The Bertz CT molecular complexity index is 788. The molecule has 3 rings (SSSR count). The van der Waals surface area contributed by atoms with Gasteiger partial charge in [-0.05, 0) is 24.3 Å². The second-order valence-electron chi connectivity index (χ2n) is 5.07. The van der Waals surface area contributed by atoms with Gasteiger partial charge in [0.05, 0.1) is 19.1 Å². The first-order valence-corrected chi connectivity index (χ1v) is 7.27. The van der Waals surface area contributed by atoms with Crippen LogP contribution >= 0.6 is 0 Å². The number of para-hydroxylation sites is 1. The van der Waals surface area contributed by atoms with Gasteiger partial charge >= 0.3 is 5.97 Å². The first kappa shape index (κ1) is 15.7. The van der Waals surface area contributed by atoms with E-state index in [0.29, 0.717) is 29.2 Å². The van der Waals surface area contributed by atoms with Crippen molar-refractivity contribution in [1.82, 2.24) is 0 Å². The standard InChI is InChI=1S/C17H16N2O5/c1-21-13-5-3-2-4-11(13)9-16(18)19-24-17(20)12-6-7-14-15(8-12)23-10-22-14/h2-8H,9-10H2,1H3,(H2,18,19)/p+1. The summed E-state index contributed by atoms with van der Waals surface area (Å²) in [6.07, 6.45) is 0.360. The Morgan fingerprint density at radius 2 is 2.00 bits per heavy atom. The molecule has 0 radical (unpaired) electrons. The molecule has 2 aromatic rings. The van der Waals surface area contributed by atoms with Crippen molar-refractivity contribution in [2.45, 2.75) is 6.42 Å². The molecule has 7 heteroatoms. The Morgan fingerprint density at radius 1 is 1.21 bits per heavy atom. The lowest BCUT2D eigenvalue weighted by molar-refractivity contribution is -0.722. The van der Waals surface area contributed by atoms with E-state index in [4.69, 9.17) is 24.8 Å². The average molecular weight is 329 g/mol. The van der Waals surface area contributed by atoms with Crippen LogP contribution in [0.15, 0.2) is 42.5 Å². The first-order valence-electron chi connectivity index (χ1n) is 7.27. The van der Waals surface area contributed by atoms with E-state index in [2.05, 4.69) is 5.16 Å². The van der Waals surface area contributed by atoms with Gasteiger partial charge in [-0.15, -0.1) is 0 Å². The summed E-state index contributed by atoms with van der Waals surface area (Å²) in [7, 11) is 1.59. The van der Waals surface area contributed by atoms with Crippen molar-refractivity contribution in [1.29, 1.82) is 0 Å². The number of carbonyl (C=O) groups excluding carboxylic acids is 1. The number of fused-ring (bicyclic) bond motifs is 1. The summed E-state index contributed by atoms with van der Waals surface area (Å²) in [4.78, 5) is 17.1. The molecule has 1 aliphatic rings. The molecular weight excluding hydrogens is 312 g/mol. The summed E-state index contributed by atoms with van der Waals surface area (Å²) in [5.41, 5.74) is 7.08. The zero-order valence-electron chi connectivity index (χ0n) is 13.1. The highest BCUT2D eigenvalue weighted by molar-refractivity contribution is 5.90. The van der Waals surface area contributed by atoms with E-state index < -0.39 is 5.97 Å². The molecule has 1 heterocycles. The monoisotopic (exact) mass is 329 g/mol. The van der Waals surface area contributed by atoms with Crippen LogP contribution in [0.25, 0.3) is 0 Å². The fourth-order valence-corrected chi connectivity index (χ4v) is 2.28. The minimum atomic E-state index is -0.573. The van der Waals surface area contributed by atoms with Gasteiger partial charge in [0.25, 0.3) is 5.84 Å². The number of hydrogen-bond acceptors (Lipinski definition) is 5. The van der Waals surface area contributed by atoms with Gasteiger partial charge in [-0.1, -0.05) is 23.4 Å². The normalized spacial score (nSPS) is 12.8. The smallest absolute Gasteiger partial charge is 0.388 e. The number of ether oxygens (including phenoxy) is 3. The predicted molar refractivity (Wildman–Crippen MR) is 84.8 cm³/mol. The zero-order valence-corrected chi connectivity index (χ0v) is 13.1. The third-order valence-electron chi connectivity index (χ3n) is 3.46. The SMILES string of the molecule is COc1ccccc1CC(N)=[NH+]OC(=O)c1ccc2c(c1)OCO2. The van der Waals surface area contributed by atoms with E-state index in [1.54, 1.807) is 25.3 Å². The number of carbonyl (C=O) groups is 1. The molecule has 0 aromatic heterocycles. The Hall–Kier alpha value is -3.22. The van der Waals surface area contributed by atoms with E-state index in [0.717, 1.165) is 5.56 Å². The van der Waals surface area contributed by atoms with E-state index in [1.807, 2.05) is 24.3 Å². The largest absolute Gasteiger partial charge is 0.496 e. The minimum Gasteiger partial charge on any atom is -0.496 e. The van der Waals surface area contributed by atoms with Crippen molar-refractivity contribution in [3.05, 3.63) is 53.6 Å². The van der Waals surface area contributed by atoms with Gasteiger partial charge in [0.2, 0.25) is 6.79 Å². The summed E-state index contributed by atoms with van der Waals surface area (Å²) >= 11 is 0. The minimum absolute atomic E-state index is 0.145. The maximum Gasteiger partial charge on any atom is 0.388 e. The Balaban J connectivity index is 1.65. The van der Waals surface area contributed by atoms with Crippen molar-refractivity contribution in [2.75, 3.05) is 13.9 Å². The van der Waals surface area contributed by atoms with Crippen LogP contribution in [0.3, 0.4) is 0 Å². The average Bonchev–Trinajstić information content (AvgIpc) is 3.07. The molecule has 0 aliphatic carbocycles. The lowest BCUT2D eigenvalue weighted by atomic mass is 10.1. The van der Waals surface area contributed by atoms with E-state index in [-0.39, 0.29) is 12.6 Å². The van der Waals surface area contributed by atoms with Crippen LogP contribution in [0.4, 0.5) is 0 Å². The summed E-state index contributed by atoms with van der Waals surface area (Å²) < 4.78 is 15.7. The highest BCUT2D eigenvalue weighted by atomic mass is 16.7. The van der Waals surface area contributed by atoms with Crippen molar-refractivity contribution in [3.8, 4) is 17.2 Å². The molecule has 0 bridgehead atoms. The van der Waals surface area contributed by atoms with E-state index >= 15 is 0 Å². The van der Waals surface area contributed by atoms with E-state index in [9.17, 15) is 4.79 Å². The van der Waals surface area contributed by atoms with Gasteiger partial charge in [0.15, 0.2) is 11.5 Å². The molecule has 0 amide bonds. The Morgan fingerprint density at radius 3 is 2.83 bits per heavy atom. The summed E-state index contributed by atoms with van der Waals surface area (Å²) in [5, 5.41) is 2.47. The lowest BCUT2D eigenvalue weighted by Crippen LogP contribution is -2.75. The third-order valence-corrected chi connectivity index (χ3v) is 3.46. The van der Waals surface area contributed by atoms with E-state index in [1.165, 1.54) is 0 Å². The molecule has 7 nitrogen and oxygen atoms in total. The number of benzene rings is 2. The zero-order chi connectivity index (χ0) is 16.9. The van der Waals surface area contributed by atoms with Gasteiger partial charge in [0.1, 0.15) is 5.75 Å². The summed E-state index contributed by atoms with van der Waals surface area (Å²) in [5.74, 6) is 1.53. The predicted octanol–water partition coefficient (Wildman–Crippen LogP) is 0.176. The molecule has 0 saturated carbocycles. The van der Waals surface area contributed by atoms with Crippen LogP contribution in [-0.2, 0) is 11.3 Å². The fraction of sp³-hybridized carbons (Fsp3) is 0.176. The maximum atomic E-state index is 12.0. The lowest BCUT2D eigenvalue weighted by Gasteiger charge is -2.05. The highest BCUT2D eigenvalue weighted by Crippen LogP contribution is 2.32. The molecule has 0 saturated heterocycles. The van der Waals surface area contributed by atoms with Crippen LogP contribution in [0.1, 0.15) is 15.9 Å². The number of methoxy groups -OCH3 is 1. The third kappa shape index (κ3) is 3.40. The molecule has 0 atom stereocenters. The van der Waals surface area contributed by atoms with Crippen molar-refractivity contribution in [2.24, 2.45) is 5.73 Å². The molecule has 124 valence electrons. The second-order valence-corrected chi connectivity index (χ2v) is 5.07. The van der Waals surface area contributed by atoms with Gasteiger partial charge in [-0.3, -0.25) is 10.6 Å². The van der Waals surface area contributed by atoms with Crippen LogP contribution in [0, 0.1) is 0 Å². The number of nitrogens with two attached hydrogens (primary N) is 1. The first-order chi connectivity index (χ1) is 11.7. The summed E-state index contributed by atoms with van der Waals surface area (Å²) in [6.45, 7) is 0.145. The molecule has 2 aromatic carbocycles. The second kappa shape index (κ2) is 6.91. The number of nitrogens with one attached hydrogen (secondary N) is 1. The van der Waals surface area contributed by atoms with Gasteiger partial charge < -0.3 is 14.2 Å². The molecule has 1 aliphatic heterocycles. The number of amidine groups is 1. The van der Waals surface area contributed by atoms with Gasteiger partial charge in [-0.25, -0.2) is 4.79 Å². The van der Waals surface area contributed by atoms with Gasteiger partial charge in [0, 0.05) is 5.56 Å². The summed E-state index contributed by atoms with van der Waals surface area (Å²) in [6, 6.07) is 12.3. The topological polar surface area (TPSA) is 94.0 Å². The van der Waals surface area contributed by atoms with Gasteiger partial charge in [-0.2, -0.15) is 0 Å². The molecular formula is C17H17N2O5+. The fourth-order valence-electron chi connectivity index (χ4n) is 2.28. The Labute approximate surface area is 138 Å². The molecule has 3 N–H and O–H groups in total. The van der Waals surface area contributed by atoms with Crippen LogP contribution in [-0.4, -0.2) is 25.7 Å². The quantitative estimate of drug-likeness (QED) is 0.352. The molecule has 0 fully saturated rings. The molecule has 0 spiro atoms. The Kier molecular flexibility index (Phi) is 4.51. The van der Waals surface area contributed by atoms with Crippen LogP contribution < -0.4 is 25.1 Å². The molecule has 0 unspecified atom stereocenters. The number of hydrogen-bond donors (Lipinski definition) is 2. The van der Waals surface area contributed by atoms with Crippen molar-refractivity contribution >= 4 is 11.8 Å². The van der Waals surface area contributed by atoms with Crippen LogP contribution in [0.2, 0.25) is 0 Å². The molecule has 24 heavy (non-hydrogen) atoms.